The van der Waals surface area contributed by atoms with Crippen LogP contribution in [0.15, 0.2) is 48.8 Å². The van der Waals surface area contributed by atoms with E-state index in [2.05, 4.69) is 14.5 Å². The molecule has 190 valence electrons. The van der Waals surface area contributed by atoms with E-state index in [0.29, 0.717) is 32.7 Å². The van der Waals surface area contributed by atoms with E-state index in [1.807, 2.05) is 48.2 Å². The number of carbonyl (C=O) groups excluding carboxylic acids is 2. The number of pyridine rings is 1. The predicted molar refractivity (Wildman–Crippen MR) is 137 cm³/mol. The van der Waals surface area contributed by atoms with E-state index in [9.17, 15) is 9.59 Å². The highest BCUT2D eigenvalue weighted by Gasteiger charge is 2.34. The number of benzene rings is 1. The average molecular weight is 490 g/mol. The van der Waals surface area contributed by atoms with Gasteiger partial charge < -0.3 is 19.1 Å². The molecule has 36 heavy (non-hydrogen) atoms. The second-order valence-electron chi connectivity index (χ2n) is 9.96. The van der Waals surface area contributed by atoms with Gasteiger partial charge in [0, 0.05) is 44.5 Å². The van der Waals surface area contributed by atoms with E-state index in [4.69, 9.17) is 4.74 Å². The van der Waals surface area contributed by atoms with Crippen LogP contribution in [0.2, 0.25) is 0 Å². The molecule has 2 aliphatic rings. The second-order valence-corrected chi connectivity index (χ2v) is 9.96. The minimum atomic E-state index is -0.238. The van der Waals surface area contributed by atoms with Gasteiger partial charge in [-0.25, -0.2) is 4.98 Å². The summed E-state index contributed by atoms with van der Waals surface area (Å²) in [7, 11) is 0. The van der Waals surface area contributed by atoms with E-state index in [0.717, 1.165) is 48.1 Å². The molecule has 1 saturated heterocycles. The molecular weight excluding hydrogens is 454 g/mol. The minimum absolute atomic E-state index is 0.0268. The smallest absolute Gasteiger partial charge is 0.242 e. The SMILES string of the molecule is Cc1nc2ccccc2n1CCC(=O)N1CC(=O)N(C2CCCCC2)C[C@H](OCc2cccnc2)C1. The largest absolute Gasteiger partial charge is 0.370 e. The van der Waals surface area contributed by atoms with Crippen LogP contribution in [-0.4, -0.2) is 67.9 Å². The molecule has 1 atom stereocenters. The van der Waals surface area contributed by atoms with Crippen LogP contribution in [0.5, 0.6) is 0 Å². The summed E-state index contributed by atoms with van der Waals surface area (Å²) in [6.07, 6.45) is 9.20. The first-order valence-electron chi connectivity index (χ1n) is 13.1. The molecule has 8 heteroatoms. The Kier molecular flexibility index (Phi) is 7.60. The van der Waals surface area contributed by atoms with Crippen molar-refractivity contribution in [3.63, 3.8) is 0 Å². The Hall–Kier alpha value is -3.26. The first-order chi connectivity index (χ1) is 17.6. The molecular formula is C28H35N5O3. The van der Waals surface area contributed by atoms with Gasteiger partial charge in [0.2, 0.25) is 11.8 Å². The predicted octanol–water partition coefficient (Wildman–Crippen LogP) is 3.72. The molecule has 2 amide bonds. The van der Waals surface area contributed by atoms with Crippen LogP contribution >= 0.6 is 0 Å². The zero-order chi connectivity index (χ0) is 24.9. The third-order valence-corrected chi connectivity index (χ3v) is 7.44. The number of hydrogen-bond donors (Lipinski definition) is 0. The number of aromatic nitrogens is 3. The van der Waals surface area contributed by atoms with Crippen LogP contribution in [0, 0.1) is 6.92 Å². The number of hydrogen-bond acceptors (Lipinski definition) is 5. The molecule has 0 radical (unpaired) electrons. The Labute approximate surface area is 212 Å². The van der Waals surface area contributed by atoms with E-state index < -0.39 is 0 Å². The Morgan fingerprint density at radius 1 is 1.08 bits per heavy atom. The number of imidazole rings is 1. The van der Waals surface area contributed by atoms with Gasteiger partial charge in [-0.05, 0) is 43.5 Å². The quantitative estimate of drug-likeness (QED) is 0.505. The van der Waals surface area contributed by atoms with Gasteiger partial charge in [-0.3, -0.25) is 14.6 Å². The minimum Gasteiger partial charge on any atom is -0.370 e. The lowest BCUT2D eigenvalue weighted by Crippen LogP contribution is -2.46. The van der Waals surface area contributed by atoms with Gasteiger partial charge in [0.05, 0.1) is 30.3 Å². The van der Waals surface area contributed by atoms with Crippen LogP contribution in [0.1, 0.15) is 49.9 Å². The molecule has 2 fully saturated rings. The Balaban J connectivity index is 1.29. The second kappa shape index (κ2) is 11.2. The van der Waals surface area contributed by atoms with E-state index in [1.165, 1.54) is 6.42 Å². The zero-order valence-electron chi connectivity index (χ0n) is 21.0. The third-order valence-electron chi connectivity index (χ3n) is 7.44. The van der Waals surface area contributed by atoms with Crippen molar-refractivity contribution < 1.29 is 14.3 Å². The van der Waals surface area contributed by atoms with E-state index in [-0.39, 0.29) is 30.5 Å². The summed E-state index contributed by atoms with van der Waals surface area (Å²) >= 11 is 0. The summed E-state index contributed by atoms with van der Waals surface area (Å²) in [5, 5.41) is 0. The number of carbonyl (C=O) groups is 2. The van der Waals surface area contributed by atoms with Crippen molar-refractivity contribution in [2.75, 3.05) is 19.6 Å². The highest BCUT2D eigenvalue weighted by Crippen LogP contribution is 2.25. The van der Waals surface area contributed by atoms with Gasteiger partial charge in [0.25, 0.3) is 0 Å². The summed E-state index contributed by atoms with van der Waals surface area (Å²) in [6.45, 7) is 3.96. The van der Waals surface area contributed by atoms with Gasteiger partial charge in [0.15, 0.2) is 0 Å². The number of para-hydroxylation sites is 2. The fourth-order valence-electron chi connectivity index (χ4n) is 5.53. The molecule has 1 aliphatic heterocycles. The molecule has 0 unspecified atom stereocenters. The van der Waals surface area contributed by atoms with Crippen molar-refractivity contribution in [2.45, 2.75) is 70.7 Å². The van der Waals surface area contributed by atoms with Crippen LogP contribution in [0.25, 0.3) is 11.0 Å². The number of fused-ring (bicyclic) bond motifs is 1. The Morgan fingerprint density at radius 2 is 1.92 bits per heavy atom. The Morgan fingerprint density at radius 3 is 2.72 bits per heavy atom. The monoisotopic (exact) mass is 489 g/mol. The lowest BCUT2D eigenvalue weighted by molar-refractivity contribution is -0.140. The number of aryl methyl sites for hydroxylation is 2. The number of rotatable bonds is 7. The lowest BCUT2D eigenvalue weighted by Gasteiger charge is -2.34. The molecule has 1 aliphatic carbocycles. The maximum Gasteiger partial charge on any atom is 0.242 e. The number of amides is 2. The summed E-state index contributed by atoms with van der Waals surface area (Å²) in [5.74, 6) is 0.894. The molecule has 0 N–H and O–H groups in total. The topological polar surface area (TPSA) is 80.6 Å². The van der Waals surface area contributed by atoms with Crippen LogP contribution in [-0.2, 0) is 27.5 Å². The van der Waals surface area contributed by atoms with Gasteiger partial charge in [0.1, 0.15) is 5.82 Å². The zero-order valence-corrected chi connectivity index (χ0v) is 21.0. The maximum atomic E-state index is 13.4. The van der Waals surface area contributed by atoms with Crippen molar-refractivity contribution in [3.05, 3.63) is 60.2 Å². The lowest BCUT2D eigenvalue weighted by atomic mass is 9.94. The van der Waals surface area contributed by atoms with Gasteiger partial charge >= 0.3 is 0 Å². The molecule has 5 rings (SSSR count). The van der Waals surface area contributed by atoms with E-state index in [1.54, 1.807) is 17.3 Å². The highest BCUT2D eigenvalue weighted by molar-refractivity contribution is 5.85. The van der Waals surface area contributed by atoms with Crippen molar-refractivity contribution in [1.29, 1.82) is 0 Å². The summed E-state index contributed by atoms with van der Waals surface area (Å²) in [5.41, 5.74) is 2.94. The summed E-state index contributed by atoms with van der Waals surface area (Å²) < 4.78 is 8.36. The molecule has 3 aromatic rings. The van der Waals surface area contributed by atoms with Crippen LogP contribution < -0.4 is 0 Å². The van der Waals surface area contributed by atoms with Crippen LogP contribution in [0.3, 0.4) is 0 Å². The molecule has 0 spiro atoms. The maximum absolute atomic E-state index is 13.4. The Bertz CT molecular complexity index is 1190. The summed E-state index contributed by atoms with van der Waals surface area (Å²) in [4.78, 5) is 39.2. The number of nitrogens with zero attached hydrogens (tertiary/aromatic N) is 5. The third kappa shape index (κ3) is 5.59. The molecule has 1 saturated carbocycles. The summed E-state index contributed by atoms with van der Waals surface area (Å²) in [6, 6.07) is 12.1. The normalized spacial score (nSPS) is 19.6. The van der Waals surface area contributed by atoms with Gasteiger partial charge in [-0.1, -0.05) is 37.5 Å². The van der Waals surface area contributed by atoms with Crippen molar-refractivity contribution >= 4 is 22.8 Å². The molecule has 3 heterocycles. The number of ether oxygens (including phenoxy) is 1. The first-order valence-corrected chi connectivity index (χ1v) is 13.1. The molecule has 2 aromatic heterocycles. The van der Waals surface area contributed by atoms with E-state index >= 15 is 0 Å². The van der Waals surface area contributed by atoms with Gasteiger partial charge in [-0.2, -0.15) is 0 Å². The fourth-order valence-corrected chi connectivity index (χ4v) is 5.53. The fraction of sp³-hybridized carbons (Fsp3) is 0.500. The average Bonchev–Trinajstić information content (AvgIpc) is 3.13. The molecule has 1 aromatic carbocycles. The molecule has 0 bridgehead atoms. The first kappa shape index (κ1) is 24.4. The van der Waals surface area contributed by atoms with Gasteiger partial charge in [-0.15, -0.1) is 0 Å². The standard InChI is InChI=1S/C28H35N5O3/c1-21-30-25-11-5-6-12-26(25)32(21)15-13-27(34)31-17-24(36-20-22-8-7-14-29-16-22)18-33(28(35)19-31)23-9-3-2-4-10-23/h5-8,11-12,14,16,23-24H,2-4,9-10,13,15,17-20H2,1H3/t24-/m1/s1. The van der Waals surface area contributed by atoms with Crippen LogP contribution in [0.4, 0.5) is 0 Å². The molecule has 8 nitrogen and oxygen atoms in total. The van der Waals surface area contributed by atoms with Crippen molar-refractivity contribution in [3.8, 4) is 0 Å². The highest BCUT2D eigenvalue weighted by atomic mass is 16.5. The van der Waals surface area contributed by atoms with Crippen molar-refractivity contribution in [2.24, 2.45) is 0 Å². The van der Waals surface area contributed by atoms with Crippen molar-refractivity contribution in [1.82, 2.24) is 24.3 Å².